The number of para-hydroxylation sites is 1. The van der Waals surface area contributed by atoms with Crippen molar-refractivity contribution in [3.05, 3.63) is 60.3 Å². The summed E-state index contributed by atoms with van der Waals surface area (Å²) in [6.45, 7) is 1.03. The van der Waals surface area contributed by atoms with Crippen molar-refractivity contribution >= 4 is 40.0 Å². The Hall–Kier alpha value is -3.61. The second kappa shape index (κ2) is 8.82. The van der Waals surface area contributed by atoms with Gasteiger partial charge in [0.15, 0.2) is 0 Å². The number of piperidine rings is 1. The Morgan fingerprint density at radius 1 is 1.03 bits per heavy atom. The standard InChI is InChI=1S/C23H24N4O3/c28-21-10-3-4-13-27(21)18-7-5-6-17(14-18)26-23(30)22(29)24-12-11-16-15-25-20-9-2-1-8-19(16)20/h1-2,5-9,14-15,25H,3-4,10-13H2,(H,24,29)(H,26,30). The number of H-pyrrole nitrogens is 1. The minimum Gasteiger partial charge on any atom is -0.361 e. The third-order valence-electron chi connectivity index (χ3n) is 5.30. The van der Waals surface area contributed by atoms with Crippen molar-refractivity contribution in [1.82, 2.24) is 10.3 Å². The second-order valence-corrected chi connectivity index (χ2v) is 7.37. The molecule has 7 nitrogen and oxygen atoms in total. The van der Waals surface area contributed by atoms with Gasteiger partial charge in [-0.05, 0) is 49.1 Å². The summed E-state index contributed by atoms with van der Waals surface area (Å²) in [6, 6.07) is 15.0. The van der Waals surface area contributed by atoms with Gasteiger partial charge in [-0.3, -0.25) is 14.4 Å². The van der Waals surface area contributed by atoms with Crippen molar-refractivity contribution in [2.75, 3.05) is 23.3 Å². The van der Waals surface area contributed by atoms with Crippen LogP contribution in [0, 0.1) is 0 Å². The molecule has 30 heavy (non-hydrogen) atoms. The van der Waals surface area contributed by atoms with E-state index in [1.165, 1.54) is 0 Å². The smallest absolute Gasteiger partial charge is 0.313 e. The first-order chi connectivity index (χ1) is 14.6. The van der Waals surface area contributed by atoms with E-state index in [1.807, 2.05) is 36.5 Å². The summed E-state index contributed by atoms with van der Waals surface area (Å²) in [4.78, 5) is 41.5. The number of benzene rings is 2. The molecule has 0 spiro atoms. The fourth-order valence-electron chi connectivity index (χ4n) is 3.75. The normalized spacial score (nSPS) is 14.0. The van der Waals surface area contributed by atoms with Crippen LogP contribution < -0.4 is 15.5 Å². The zero-order valence-corrected chi connectivity index (χ0v) is 16.6. The lowest BCUT2D eigenvalue weighted by Gasteiger charge is -2.27. The summed E-state index contributed by atoms with van der Waals surface area (Å²) < 4.78 is 0. The third kappa shape index (κ3) is 4.35. The van der Waals surface area contributed by atoms with Crippen LogP contribution in [-0.2, 0) is 20.8 Å². The van der Waals surface area contributed by atoms with Crippen molar-refractivity contribution in [2.45, 2.75) is 25.7 Å². The Labute approximate surface area is 174 Å². The van der Waals surface area contributed by atoms with Crippen molar-refractivity contribution in [3.8, 4) is 0 Å². The molecule has 4 rings (SSSR count). The Morgan fingerprint density at radius 3 is 2.77 bits per heavy atom. The summed E-state index contributed by atoms with van der Waals surface area (Å²) in [6.07, 6.45) is 4.95. The van der Waals surface area contributed by atoms with E-state index < -0.39 is 11.8 Å². The molecule has 3 aromatic rings. The minimum absolute atomic E-state index is 0.0831. The average molecular weight is 404 g/mol. The minimum atomic E-state index is -0.726. The number of aromatic nitrogens is 1. The number of amides is 3. The molecule has 1 fully saturated rings. The van der Waals surface area contributed by atoms with Gasteiger partial charge in [0.2, 0.25) is 5.91 Å². The van der Waals surface area contributed by atoms with E-state index in [0.717, 1.165) is 35.0 Å². The molecule has 3 amide bonds. The van der Waals surface area contributed by atoms with Gasteiger partial charge in [-0.25, -0.2) is 0 Å². The summed E-state index contributed by atoms with van der Waals surface area (Å²) in [5, 5.41) is 6.39. The highest BCUT2D eigenvalue weighted by atomic mass is 16.2. The highest BCUT2D eigenvalue weighted by Crippen LogP contribution is 2.24. The zero-order valence-electron chi connectivity index (χ0n) is 16.6. The van der Waals surface area contributed by atoms with Gasteiger partial charge < -0.3 is 20.5 Å². The van der Waals surface area contributed by atoms with Gasteiger partial charge in [-0.2, -0.15) is 0 Å². The molecule has 3 N–H and O–H groups in total. The molecule has 0 unspecified atom stereocenters. The van der Waals surface area contributed by atoms with E-state index in [2.05, 4.69) is 15.6 Å². The van der Waals surface area contributed by atoms with Crippen LogP contribution in [0.2, 0.25) is 0 Å². The van der Waals surface area contributed by atoms with Crippen LogP contribution in [0.5, 0.6) is 0 Å². The summed E-state index contributed by atoms with van der Waals surface area (Å²) in [5.41, 5.74) is 3.36. The number of nitrogens with one attached hydrogen (secondary N) is 3. The lowest BCUT2D eigenvalue weighted by molar-refractivity contribution is -0.136. The van der Waals surface area contributed by atoms with Crippen molar-refractivity contribution in [2.24, 2.45) is 0 Å². The number of rotatable bonds is 5. The van der Waals surface area contributed by atoms with Crippen LogP contribution >= 0.6 is 0 Å². The van der Waals surface area contributed by atoms with Gasteiger partial charge in [-0.15, -0.1) is 0 Å². The molecule has 0 bridgehead atoms. The topological polar surface area (TPSA) is 94.3 Å². The van der Waals surface area contributed by atoms with Gasteiger partial charge in [-0.1, -0.05) is 24.3 Å². The molecule has 1 aromatic heterocycles. The Bertz CT molecular complexity index is 1090. The largest absolute Gasteiger partial charge is 0.361 e. The van der Waals surface area contributed by atoms with Crippen LogP contribution in [0.15, 0.2) is 54.7 Å². The molecule has 1 saturated heterocycles. The average Bonchev–Trinajstić information content (AvgIpc) is 3.17. The van der Waals surface area contributed by atoms with Crippen molar-refractivity contribution in [1.29, 1.82) is 0 Å². The predicted molar refractivity (Wildman–Crippen MR) is 116 cm³/mol. The zero-order chi connectivity index (χ0) is 20.9. The number of anilines is 2. The Kier molecular flexibility index (Phi) is 5.79. The number of aromatic amines is 1. The van der Waals surface area contributed by atoms with Gasteiger partial charge in [0.05, 0.1) is 0 Å². The highest BCUT2D eigenvalue weighted by Gasteiger charge is 2.20. The number of carbonyl (C=O) groups excluding carboxylic acids is 3. The number of hydrogen-bond acceptors (Lipinski definition) is 3. The quantitative estimate of drug-likeness (QED) is 0.571. The Balaban J connectivity index is 1.32. The van der Waals surface area contributed by atoms with E-state index in [1.54, 1.807) is 23.1 Å². The molecular formula is C23H24N4O3. The molecule has 2 heterocycles. The van der Waals surface area contributed by atoms with Gasteiger partial charge in [0.25, 0.3) is 0 Å². The summed E-state index contributed by atoms with van der Waals surface area (Å²) in [7, 11) is 0. The molecule has 1 aliphatic rings. The molecule has 0 atom stereocenters. The number of hydrogen-bond donors (Lipinski definition) is 3. The van der Waals surface area contributed by atoms with Crippen LogP contribution in [0.1, 0.15) is 24.8 Å². The molecule has 7 heteroatoms. The molecule has 0 aliphatic carbocycles. The van der Waals surface area contributed by atoms with Crippen LogP contribution in [-0.4, -0.2) is 35.8 Å². The molecule has 154 valence electrons. The maximum atomic E-state index is 12.3. The third-order valence-corrected chi connectivity index (χ3v) is 5.30. The first-order valence-electron chi connectivity index (χ1n) is 10.2. The molecular weight excluding hydrogens is 380 g/mol. The molecule has 0 radical (unpaired) electrons. The SMILES string of the molecule is O=C(NCCc1c[nH]c2ccccc12)C(=O)Nc1cccc(N2CCCCC2=O)c1. The monoisotopic (exact) mass is 404 g/mol. The first kappa shape index (κ1) is 19.7. The van der Waals surface area contributed by atoms with E-state index in [0.29, 0.717) is 31.6 Å². The van der Waals surface area contributed by atoms with E-state index in [-0.39, 0.29) is 5.91 Å². The maximum absolute atomic E-state index is 12.3. The maximum Gasteiger partial charge on any atom is 0.313 e. The van der Waals surface area contributed by atoms with Gasteiger partial charge in [0, 0.05) is 48.0 Å². The van der Waals surface area contributed by atoms with Crippen LogP contribution in [0.25, 0.3) is 10.9 Å². The van der Waals surface area contributed by atoms with Gasteiger partial charge >= 0.3 is 11.8 Å². The first-order valence-corrected chi connectivity index (χ1v) is 10.2. The predicted octanol–water partition coefficient (Wildman–Crippen LogP) is 2.98. The van der Waals surface area contributed by atoms with Crippen LogP contribution in [0.3, 0.4) is 0 Å². The van der Waals surface area contributed by atoms with Crippen LogP contribution in [0.4, 0.5) is 11.4 Å². The van der Waals surface area contributed by atoms with Crippen molar-refractivity contribution < 1.29 is 14.4 Å². The molecule has 2 aromatic carbocycles. The summed E-state index contributed by atoms with van der Waals surface area (Å²) >= 11 is 0. The fourth-order valence-corrected chi connectivity index (χ4v) is 3.75. The lowest BCUT2D eigenvalue weighted by atomic mass is 10.1. The number of fused-ring (bicyclic) bond motifs is 1. The summed E-state index contributed by atoms with van der Waals surface area (Å²) in [5.74, 6) is -1.33. The van der Waals surface area contributed by atoms with Crippen molar-refractivity contribution in [3.63, 3.8) is 0 Å². The Morgan fingerprint density at radius 2 is 1.90 bits per heavy atom. The fraction of sp³-hybridized carbons (Fsp3) is 0.261. The highest BCUT2D eigenvalue weighted by molar-refractivity contribution is 6.39. The van der Waals surface area contributed by atoms with E-state index in [9.17, 15) is 14.4 Å². The number of carbonyl (C=O) groups is 3. The van der Waals surface area contributed by atoms with E-state index >= 15 is 0 Å². The van der Waals surface area contributed by atoms with E-state index in [4.69, 9.17) is 0 Å². The van der Waals surface area contributed by atoms with Gasteiger partial charge in [0.1, 0.15) is 0 Å². The second-order valence-electron chi connectivity index (χ2n) is 7.37. The molecule has 0 saturated carbocycles. The number of nitrogens with zero attached hydrogens (tertiary/aromatic N) is 1. The lowest BCUT2D eigenvalue weighted by Crippen LogP contribution is -2.37. The molecule has 1 aliphatic heterocycles.